The lowest BCUT2D eigenvalue weighted by Crippen LogP contribution is -2.52. The van der Waals surface area contributed by atoms with Crippen LogP contribution in [0, 0.1) is 40.3 Å². The molecule has 1 aromatic rings. The van der Waals surface area contributed by atoms with Crippen LogP contribution in [0.3, 0.4) is 0 Å². The molecular formula is C27H35FO. The second-order valence-corrected chi connectivity index (χ2v) is 10.7. The Hall–Kier alpha value is -1.41. The number of rotatable bonds is 2. The topological polar surface area (TPSA) is 20.2 Å². The minimum atomic E-state index is -0.152. The Morgan fingerprint density at radius 3 is 2.48 bits per heavy atom. The number of allylic oxidation sites excluding steroid dienone is 3. The second-order valence-electron chi connectivity index (χ2n) is 10.7. The standard InChI is InChI=1S/C27H35FO/c1-4-17-15-19-16-21(29)11-13-26(19,2)24-12-14-27(3)22(9-10-23(27)25(17)24)18-5-7-20(28)8-6-18/h5-9,15,17,21,23-25,29H,4,10-14,16H2,1-3H3/t17?,21?,23-,24+,25-,26-,27+/m0/s1. The summed E-state index contributed by atoms with van der Waals surface area (Å²) >= 11 is 0. The summed E-state index contributed by atoms with van der Waals surface area (Å²) < 4.78 is 13.5. The summed E-state index contributed by atoms with van der Waals surface area (Å²) in [5.41, 5.74) is 4.69. The third-order valence-electron chi connectivity index (χ3n) is 9.45. The first kappa shape index (κ1) is 19.5. The van der Waals surface area contributed by atoms with Crippen LogP contribution < -0.4 is 0 Å². The first-order valence-electron chi connectivity index (χ1n) is 11.7. The van der Waals surface area contributed by atoms with Gasteiger partial charge >= 0.3 is 0 Å². The molecule has 0 amide bonds. The molecule has 156 valence electrons. The molecule has 2 unspecified atom stereocenters. The Labute approximate surface area is 175 Å². The Balaban J connectivity index is 1.52. The van der Waals surface area contributed by atoms with Crippen molar-refractivity contribution < 1.29 is 9.50 Å². The molecule has 0 heterocycles. The number of aliphatic hydroxyl groups excluding tert-OH is 1. The van der Waals surface area contributed by atoms with E-state index in [9.17, 15) is 9.50 Å². The Kier molecular flexibility index (Phi) is 4.59. The van der Waals surface area contributed by atoms with Crippen LogP contribution in [0.15, 0.2) is 42.0 Å². The summed E-state index contributed by atoms with van der Waals surface area (Å²) in [7, 11) is 0. The van der Waals surface area contributed by atoms with Gasteiger partial charge in [-0.25, -0.2) is 4.39 Å². The van der Waals surface area contributed by atoms with Crippen molar-refractivity contribution in [1.82, 2.24) is 0 Å². The summed E-state index contributed by atoms with van der Waals surface area (Å²) in [6.07, 6.45) is 12.7. The molecule has 1 aromatic carbocycles. The average Bonchev–Trinajstić information content (AvgIpc) is 3.06. The lowest BCUT2D eigenvalue weighted by Gasteiger charge is -2.60. The van der Waals surface area contributed by atoms with Gasteiger partial charge in [0.15, 0.2) is 0 Å². The molecular weight excluding hydrogens is 359 g/mol. The molecule has 5 rings (SSSR count). The third-order valence-corrected chi connectivity index (χ3v) is 9.45. The molecule has 2 heteroatoms. The fourth-order valence-corrected chi connectivity index (χ4v) is 7.84. The van der Waals surface area contributed by atoms with Crippen LogP contribution in [0.2, 0.25) is 0 Å². The van der Waals surface area contributed by atoms with Crippen LogP contribution in [-0.2, 0) is 0 Å². The maximum Gasteiger partial charge on any atom is 0.123 e. The van der Waals surface area contributed by atoms with Crippen molar-refractivity contribution in [3.8, 4) is 0 Å². The fourth-order valence-electron chi connectivity index (χ4n) is 7.84. The minimum absolute atomic E-state index is 0.143. The van der Waals surface area contributed by atoms with E-state index < -0.39 is 0 Å². The number of fused-ring (bicyclic) bond motifs is 5. The first-order valence-corrected chi connectivity index (χ1v) is 11.7. The third kappa shape index (κ3) is 2.81. The van der Waals surface area contributed by atoms with Gasteiger partial charge in [0, 0.05) is 0 Å². The van der Waals surface area contributed by atoms with Crippen molar-refractivity contribution in [1.29, 1.82) is 0 Å². The largest absolute Gasteiger partial charge is 0.393 e. The van der Waals surface area contributed by atoms with Gasteiger partial charge < -0.3 is 5.11 Å². The van der Waals surface area contributed by atoms with Gasteiger partial charge in [-0.2, -0.15) is 0 Å². The molecule has 1 nitrogen and oxygen atoms in total. The molecule has 0 saturated heterocycles. The number of aliphatic hydroxyl groups is 1. The van der Waals surface area contributed by atoms with Crippen LogP contribution >= 0.6 is 0 Å². The maximum atomic E-state index is 13.5. The van der Waals surface area contributed by atoms with Crippen molar-refractivity contribution in [3.05, 3.63) is 53.4 Å². The van der Waals surface area contributed by atoms with Gasteiger partial charge in [0.05, 0.1) is 6.10 Å². The summed E-state index contributed by atoms with van der Waals surface area (Å²) in [6, 6.07) is 7.16. The van der Waals surface area contributed by atoms with E-state index in [1.54, 1.807) is 17.7 Å². The SMILES string of the molecule is CCC1C=C2CC(O)CC[C@]2(C)[C@@H]2CC[C@]3(C)C(c4ccc(F)cc4)=CC[C@H]3[C@H]12. The number of hydrogen-bond donors (Lipinski definition) is 1. The molecule has 4 aliphatic carbocycles. The van der Waals surface area contributed by atoms with E-state index in [1.165, 1.54) is 30.4 Å². The normalized spacial score (nSPS) is 43.7. The first-order chi connectivity index (χ1) is 13.9. The van der Waals surface area contributed by atoms with Crippen LogP contribution in [-0.4, -0.2) is 11.2 Å². The van der Waals surface area contributed by atoms with Gasteiger partial charge in [-0.05, 0) is 103 Å². The smallest absolute Gasteiger partial charge is 0.123 e. The zero-order valence-electron chi connectivity index (χ0n) is 18.1. The van der Waals surface area contributed by atoms with Gasteiger partial charge in [-0.15, -0.1) is 0 Å². The highest BCUT2D eigenvalue weighted by molar-refractivity contribution is 5.73. The number of benzene rings is 1. The van der Waals surface area contributed by atoms with E-state index in [0.717, 1.165) is 37.5 Å². The van der Waals surface area contributed by atoms with Crippen molar-refractivity contribution in [2.75, 3.05) is 0 Å². The molecule has 0 aromatic heterocycles. The predicted octanol–water partition coefficient (Wildman–Crippen LogP) is 6.78. The highest BCUT2D eigenvalue weighted by Gasteiger charge is 2.58. The number of halogens is 1. The van der Waals surface area contributed by atoms with E-state index in [2.05, 4.69) is 32.9 Å². The van der Waals surface area contributed by atoms with Crippen LogP contribution in [0.4, 0.5) is 4.39 Å². The zero-order chi connectivity index (χ0) is 20.4. The summed E-state index contributed by atoms with van der Waals surface area (Å²) in [6.45, 7) is 7.32. The van der Waals surface area contributed by atoms with Crippen LogP contribution in [0.1, 0.15) is 71.3 Å². The Morgan fingerprint density at radius 2 is 1.76 bits per heavy atom. The van der Waals surface area contributed by atoms with Crippen molar-refractivity contribution in [2.24, 2.45) is 34.5 Å². The molecule has 0 aliphatic heterocycles. The van der Waals surface area contributed by atoms with Crippen LogP contribution in [0.25, 0.3) is 5.57 Å². The predicted molar refractivity (Wildman–Crippen MR) is 117 cm³/mol. The maximum absolute atomic E-state index is 13.5. The number of hydrogen-bond acceptors (Lipinski definition) is 1. The highest BCUT2D eigenvalue weighted by Crippen LogP contribution is 2.67. The molecule has 29 heavy (non-hydrogen) atoms. The molecule has 1 N–H and O–H groups in total. The van der Waals surface area contributed by atoms with Crippen molar-refractivity contribution in [3.63, 3.8) is 0 Å². The summed E-state index contributed by atoms with van der Waals surface area (Å²) in [5, 5.41) is 10.3. The molecule has 0 radical (unpaired) electrons. The molecule has 2 fully saturated rings. The van der Waals surface area contributed by atoms with E-state index in [4.69, 9.17) is 0 Å². The quantitative estimate of drug-likeness (QED) is 0.548. The van der Waals surface area contributed by atoms with Crippen molar-refractivity contribution in [2.45, 2.75) is 71.8 Å². The van der Waals surface area contributed by atoms with Gasteiger partial charge in [-0.1, -0.05) is 50.6 Å². The van der Waals surface area contributed by atoms with E-state index >= 15 is 0 Å². The molecule has 4 aliphatic rings. The molecule has 2 saturated carbocycles. The Morgan fingerprint density at radius 1 is 1.03 bits per heavy atom. The summed E-state index contributed by atoms with van der Waals surface area (Å²) in [4.78, 5) is 0. The van der Waals surface area contributed by atoms with E-state index in [-0.39, 0.29) is 22.8 Å². The fraction of sp³-hybridized carbons (Fsp3) is 0.630. The van der Waals surface area contributed by atoms with Crippen molar-refractivity contribution >= 4 is 5.57 Å². The monoisotopic (exact) mass is 394 g/mol. The van der Waals surface area contributed by atoms with Crippen LogP contribution in [0.5, 0.6) is 0 Å². The van der Waals surface area contributed by atoms with Gasteiger partial charge in [0.2, 0.25) is 0 Å². The van der Waals surface area contributed by atoms with E-state index in [1.807, 2.05) is 12.1 Å². The molecule has 0 bridgehead atoms. The van der Waals surface area contributed by atoms with Gasteiger partial charge in [0.1, 0.15) is 5.82 Å². The zero-order valence-corrected chi connectivity index (χ0v) is 18.1. The lowest BCUT2D eigenvalue weighted by molar-refractivity contribution is -0.0464. The second kappa shape index (κ2) is 6.80. The lowest BCUT2D eigenvalue weighted by atomic mass is 9.45. The molecule has 0 spiro atoms. The minimum Gasteiger partial charge on any atom is -0.393 e. The van der Waals surface area contributed by atoms with E-state index in [0.29, 0.717) is 11.8 Å². The molecule has 7 atom stereocenters. The average molecular weight is 395 g/mol. The highest BCUT2D eigenvalue weighted by atomic mass is 19.1. The van der Waals surface area contributed by atoms with Gasteiger partial charge in [-0.3, -0.25) is 0 Å². The summed E-state index contributed by atoms with van der Waals surface area (Å²) in [5.74, 6) is 2.60. The van der Waals surface area contributed by atoms with Gasteiger partial charge in [0.25, 0.3) is 0 Å². The Bertz CT molecular complexity index is 852.